The molecule has 6 nitrogen and oxygen atoms in total. The number of ether oxygens (including phenoxy) is 1. The van der Waals surface area contributed by atoms with Gasteiger partial charge in [0.15, 0.2) is 0 Å². The zero-order valence-corrected chi connectivity index (χ0v) is 13.0. The summed E-state index contributed by atoms with van der Waals surface area (Å²) < 4.78 is 5.42. The predicted molar refractivity (Wildman–Crippen MR) is 81.4 cm³/mol. The molecule has 0 saturated carbocycles. The van der Waals surface area contributed by atoms with Gasteiger partial charge in [-0.25, -0.2) is 4.79 Å². The Morgan fingerprint density at radius 2 is 2.10 bits per heavy atom. The van der Waals surface area contributed by atoms with Gasteiger partial charge >= 0.3 is 6.09 Å². The molecule has 1 aromatic heterocycles. The topological polar surface area (TPSA) is 81.3 Å². The molecule has 0 spiro atoms. The summed E-state index contributed by atoms with van der Waals surface area (Å²) in [6.07, 6.45) is 2.46. The Hall–Kier alpha value is -2.11. The van der Waals surface area contributed by atoms with Crippen molar-refractivity contribution in [3.63, 3.8) is 0 Å². The average Bonchev–Trinajstić information content (AvgIpc) is 2.37. The normalized spacial score (nSPS) is 19.1. The van der Waals surface area contributed by atoms with Gasteiger partial charge in [0, 0.05) is 6.54 Å². The summed E-state index contributed by atoms with van der Waals surface area (Å²) in [5.74, 6) is 0.401. The SMILES string of the molecule is C[C@H]1C=C(c2ccc(N)nn2)CCN1C(=O)OC(C)(C)C. The maximum absolute atomic E-state index is 12.1. The molecule has 0 unspecified atom stereocenters. The van der Waals surface area contributed by atoms with E-state index in [2.05, 4.69) is 10.2 Å². The number of rotatable bonds is 1. The Kier molecular flexibility index (Phi) is 4.16. The highest BCUT2D eigenvalue weighted by Gasteiger charge is 2.28. The lowest BCUT2D eigenvalue weighted by Crippen LogP contribution is -2.43. The number of hydrogen-bond acceptors (Lipinski definition) is 5. The van der Waals surface area contributed by atoms with Crippen molar-refractivity contribution in [3.8, 4) is 0 Å². The second-order valence-electron chi connectivity index (χ2n) is 6.20. The lowest BCUT2D eigenvalue weighted by molar-refractivity contribution is 0.0209. The highest BCUT2D eigenvalue weighted by Crippen LogP contribution is 2.25. The van der Waals surface area contributed by atoms with Gasteiger partial charge < -0.3 is 15.4 Å². The van der Waals surface area contributed by atoms with E-state index in [4.69, 9.17) is 10.5 Å². The number of nitrogens with zero attached hydrogens (tertiary/aromatic N) is 3. The number of nitrogens with two attached hydrogens (primary N) is 1. The third kappa shape index (κ3) is 3.93. The van der Waals surface area contributed by atoms with Gasteiger partial charge in [-0.3, -0.25) is 0 Å². The molecule has 114 valence electrons. The maximum Gasteiger partial charge on any atom is 0.410 e. The number of aromatic nitrogens is 2. The van der Waals surface area contributed by atoms with Crippen molar-refractivity contribution in [1.82, 2.24) is 15.1 Å². The molecule has 6 heteroatoms. The van der Waals surface area contributed by atoms with E-state index in [0.29, 0.717) is 12.4 Å². The Balaban J connectivity index is 2.10. The summed E-state index contributed by atoms with van der Waals surface area (Å²) in [5, 5.41) is 7.95. The summed E-state index contributed by atoms with van der Waals surface area (Å²) in [5.41, 5.74) is 6.94. The van der Waals surface area contributed by atoms with Crippen molar-refractivity contribution in [2.45, 2.75) is 45.8 Å². The molecule has 1 aliphatic heterocycles. The van der Waals surface area contributed by atoms with E-state index in [-0.39, 0.29) is 12.1 Å². The monoisotopic (exact) mass is 290 g/mol. The first-order valence-electron chi connectivity index (χ1n) is 7.06. The summed E-state index contributed by atoms with van der Waals surface area (Å²) in [7, 11) is 0. The van der Waals surface area contributed by atoms with Crippen LogP contribution in [0, 0.1) is 0 Å². The molecule has 21 heavy (non-hydrogen) atoms. The van der Waals surface area contributed by atoms with Crippen LogP contribution in [0.2, 0.25) is 0 Å². The molecular formula is C15H22N4O2. The van der Waals surface area contributed by atoms with E-state index in [0.717, 1.165) is 17.7 Å². The van der Waals surface area contributed by atoms with Crippen molar-refractivity contribution in [2.75, 3.05) is 12.3 Å². The van der Waals surface area contributed by atoms with Crippen LogP contribution in [0.15, 0.2) is 18.2 Å². The van der Waals surface area contributed by atoms with Gasteiger partial charge in [-0.2, -0.15) is 0 Å². The lowest BCUT2D eigenvalue weighted by atomic mass is 10.0. The Bertz CT molecular complexity index is 546. The molecule has 2 N–H and O–H groups in total. The molecule has 1 atom stereocenters. The fraction of sp³-hybridized carbons (Fsp3) is 0.533. The third-order valence-corrected chi connectivity index (χ3v) is 3.20. The fourth-order valence-electron chi connectivity index (χ4n) is 2.21. The van der Waals surface area contributed by atoms with Gasteiger partial charge in [0.05, 0.1) is 11.7 Å². The minimum Gasteiger partial charge on any atom is -0.444 e. The average molecular weight is 290 g/mol. The second-order valence-corrected chi connectivity index (χ2v) is 6.20. The molecule has 2 heterocycles. The third-order valence-electron chi connectivity index (χ3n) is 3.20. The van der Waals surface area contributed by atoms with Crippen LogP contribution < -0.4 is 5.73 Å². The van der Waals surface area contributed by atoms with Crippen LogP contribution in [0.5, 0.6) is 0 Å². The van der Waals surface area contributed by atoms with Crippen LogP contribution in [0.4, 0.5) is 10.6 Å². The molecule has 2 rings (SSSR count). The molecule has 1 amide bonds. The lowest BCUT2D eigenvalue weighted by Gasteiger charge is -2.33. The van der Waals surface area contributed by atoms with Crippen molar-refractivity contribution >= 4 is 17.5 Å². The molecular weight excluding hydrogens is 268 g/mol. The molecule has 0 fully saturated rings. The summed E-state index contributed by atoms with van der Waals surface area (Å²) in [4.78, 5) is 13.9. The quantitative estimate of drug-likeness (QED) is 0.859. The number of hydrogen-bond donors (Lipinski definition) is 1. The minimum atomic E-state index is -0.483. The summed E-state index contributed by atoms with van der Waals surface area (Å²) >= 11 is 0. The highest BCUT2D eigenvalue weighted by molar-refractivity contribution is 5.72. The van der Waals surface area contributed by atoms with E-state index in [9.17, 15) is 4.79 Å². The van der Waals surface area contributed by atoms with Crippen LogP contribution in [0.25, 0.3) is 5.57 Å². The Morgan fingerprint density at radius 3 is 2.62 bits per heavy atom. The second kappa shape index (κ2) is 5.71. The maximum atomic E-state index is 12.1. The van der Waals surface area contributed by atoms with E-state index >= 15 is 0 Å². The van der Waals surface area contributed by atoms with Gasteiger partial charge in [-0.05, 0) is 51.8 Å². The van der Waals surface area contributed by atoms with Gasteiger partial charge in [-0.1, -0.05) is 6.08 Å². The molecule has 1 aliphatic rings. The Morgan fingerprint density at radius 1 is 1.38 bits per heavy atom. The van der Waals surface area contributed by atoms with E-state index in [1.807, 2.05) is 39.8 Å². The fourth-order valence-corrected chi connectivity index (χ4v) is 2.21. The van der Waals surface area contributed by atoms with Gasteiger partial charge in [0.1, 0.15) is 11.4 Å². The summed E-state index contributed by atoms with van der Waals surface area (Å²) in [6.45, 7) is 8.17. The van der Waals surface area contributed by atoms with Crippen molar-refractivity contribution in [2.24, 2.45) is 0 Å². The van der Waals surface area contributed by atoms with E-state index < -0.39 is 5.60 Å². The number of nitrogen functional groups attached to an aromatic ring is 1. The van der Waals surface area contributed by atoms with E-state index in [1.165, 1.54) is 0 Å². The predicted octanol–water partition coefficient (Wildman–Crippen LogP) is 2.47. The highest BCUT2D eigenvalue weighted by atomic mass is 16.6. The number of carbonyl (C=O) groups is 1. The van der Waals surface area contributed by atoms with Gasteiger partial charge in [0.2, 0.25) is 0 Å². The summed E-state index contributed by atoms with van der Waals surface area (Å²) in [6, 6.07) is 3.54. The van der Waals surface area contributed by atoms with Gasteiger partial charge in [-0.15, -0.1) is 10.2 Å². The van der Waals surface area contributed by atoms with Crippen LogP contribution in [-0.4, -0.2) is 39.4 Å². The van der Waals surface area contributed by atoms with Gasteiger partial charge in [0.25, 0.3) is 0 Å². The van der Waals surface area contributed by atoms with Crippen LogP contribution in [-0.2, 0) is 4.74 Å². The van der Waals surface area contributed by atoms with Crippen molar-refractivity contribution in [1.29, 1.82) is 0 Å². The van der Waals surface area contributed by atoms with Crippen LogP contribution in [0.3, 0.4) is 0 Å². The molecule has 0 bridgehead atoms. The number of carbonyl (C=O) groups excluding carboxylic acids is 1. The van der Waals surface area contributed by atoms with E-state index in [1.54, 1.807) is 11.0 Å². The van der Waals surface area contributed by atoms with Crippen LogP contribution >= 0.6 is 0 Å². The standard InChI is InChI=1S/C15H22N4O2/c1-10-9-11(12-5-6-13(16)18-17-12)7-8-19(10)14(20)21-15(2,3)4/h5-6,9-10H,7-8H2,1-4H3,(H2,16,18)/t10-/m0/s1. The zero-order chi connectivity index (χ0) is 15.6. The van der Waals surface area contributed by atoms with Crippen LogP contribution in [0.1, 0.15) is 39.8 Å². The first kappa shape index (κ1) is 15.3. The Labute approximate surface area is 125 Å². The van der Waals surface area contributed by atoms with Crippen molar-refractivity contribution in [3.05, 3.63) is 23.9 Å². The minimum absolute atomic E-state index is 0.0389. The number of anilines is 1. The molecule has 0 aliphatic carbocycles. The molecule has 0 radical (unpaired) electrons. The largest absolute Gasteiger partial charge is 0.444 e. The smallest absolute Gasteiger partial charge is 0.410 e. The van der Waals surface area contributed by atoms with Crippen molar-refractivity contribution < 1.29 is 9.53 Å². The molecule has 1 aromatic rings. The number of amides is 1. The molecule has 0 aromatic carbocycles. The molecule has 0 saturated heterocycles. The zero-order valence-electron chi connectivity index (χ0n) is 13.0. The first-order chi connectivity index (χ1) is 9.76. The first-order valence-corrected chi connectivity index (χ1v) is 7.06.